The van der Waals surface area contributed by atoms with Gasteiger partial charge in [-0.15, -0.1) is 11.3 Å². The van der Waals surface area contributed by atoms with Gasteiger partial charge in [-0.05, 0) is 167 Å². The SMILES string of the molecule is c1ccc(-c2ccc(N(c3ccc4c(c3)Oc3ccc(-c5ccc6c(c5)-c5ccccc5C65C6CC7CC(C6)CC5C7)cc3N4c3ccccc3)c3cccc4c3sc3ccccc34)cc2)cc1. The smallest absolute Gasteiger partial charge is 0.153 e. The fraction of sp³-hybridized carbons (Fsp3) is 0.156. The van der Waals surface area contributed by atoms with E-state index in [1.54, 1.807) is 11.1 Å². The average Bonchev–Trinajstić information content (AvgIpc) is 3.92. The fourth-order valence-electron chi connectivity index (χ4n) is 14.1. The largest absolute Gasteiger partial charge is 0.453 e. The van der Waals surface area contributed by atoms with Crippen LogP contribution in [0.15, 0.2) is 206 Å². The molecule has 5 aliphatic carbocycles. The Bertz CT molecular complexity index is 3600. The van der Waals surface area contributed by atoms with Gasteiger partial charge in [-0.25, -0.2) is 0 Å². The van der Waals surface area contributed by atoms with Crippen LogP contribution in [-0.2, 0) is 5.41 Å². The van der Waals surface area contributed by atoms with Gasteiger partial charge in [0, 0.05) is 38.3 Å². The van der Waals surface area contributed by atoms with E-state index in [1.165, 1.54) is 85.7 Å². The van der Waals surface area contributed by atoms with Crippen LogP contribution < -0.4 is 14.5 Å². The Balaban J connectivity index is 0.847. The lowest BCUT2D eigenvalue weighted by molar-refractivity contribution is -0.0399. The number of rotatable bonds is 6. The van der Waals surface area contributed by atoms with Crippen LogP contribution in [0.3, 0.4) is 0 Å². The summed E-state index contributed by atoms with van der Waals surface area (Å²) < 4.78 is 9.62. The van der Waals surface area contributed by atoms with Crippen LogP contribution in [0.25, 0.3) is 53.6 Å². The predicted molar refractivity (Wildman–Crippen MR) is 283 cm³/mol. The highest BCUT2D eigenvalue weighted by Gasteiger charge is 2.61. The lowest BCUT2D eigenvalue weighted by Crippen LogP contribution is -2.55. The molecule has 68 heavy (non-hydrogen) atoms. The van der Waals surface area contributed by atoms with E-state index in [4.69, 9.17) is 4.74 Å². The Morgan fingerprint density at radius 3 is 1.93 bits per heavy atom. The van der Waals surface area contributed by atoms with Gasteiger partial charge in [-0.1, -0.05) is 133 Å². The van der Waals surface area contributed by atoms with E-state index >= 15 is 0 Å². The van der Waals surface area contributed by atoms with E-state index < -0.39 is 0 Å². The number of para-hydroxylation sites is 1. The Kier molecular flexibility index (Phi) is 8.42. The van der Waals surface area contributed by atoms with E-state index in [0.717, 1.165) is 69.3 Å². The van der Waals surface area contributed by atoms with Gasteiger partial charge in [0.1, 0.15) is 0 Å². The van der Waals surface area contributed by atoms with Crippen LogP contribution in [0.2, 0.25) is 0 Å². The molecule has 1 aliphatic heterocycles. The molecule has 1 aromatic heterocycles. The molecule has 0 unspecified atom stereocenters. The number of thiophene rings is 1. The normalized spacial score (nSPS) is 21.4. The molecule has 1 spiro atoms. The molecule has 3 nitrogen and oxygen atoms in total. The van der Waals surface area contributed by atoms with Gasteiger partial charge >= 0.3 is 0 Å². The van der Waals surface area contributed by atoms with Gasteiger partial charge < -0.3 is 14.5 Å². The van der Waals surface area contributed by atoms with Crippen molar-refractivity contribution in [3.8, 4) is 44.9 Å². The molecule has 4 fully saturated rings. The monoisotopic (exact) mass is 892 g/mol. The van der Waals surface area contributed by atoms with E-state index in [2.05, 4.69) is 216 Å². The van der Waals surface area contributed by atoms with E-state index in [9.17, 15) is 0 Å². The average molecular weight is 893 g/mol. The first kappa shape index (κ1) is 38.7. The molecule has 4 bridgehead atoms. The van der Waals surface area contributed by atoms with Crippen molar-refractivity contribution in [2.24, 2.45) is 23.7 Å². The van der Waals surface area contributed by atoms with Crippen molar-refractivity contribution in [2.45, 2.75) is 37.5 Å². The lowest BCUT2D eigenvalue weighted by atomic mass is 9.43. The topological polar surface area (TPSA) is 15.7 Å². The second-order valence-corrected chi connectivity index (χ2v) is 21.1. The van der Waals surface area contributed by atoms with Crippen LogP contribution >= 0.6 is 11.3 Å². The summed E-state index contributed by atoms with van der Waals surface area (Å²) in [5.41, 5.74) is 17.5. The number of ether oxygens (including phenoxy) is 1. The quantitative estimate of drug-likeness (QED) is 0.165. The minimum atomic E-state index is 0.166. The lowest BCUT2D eigenvalue weighted by Gasteiger charge is -2.61. The summed E-state index contributed by atoms with van der Waals surface area (Å²) in [5, 5.41) is 2.55. The van der Waals surface area contributed by atoms with Crippen LogP contribution in [0, 0.1) is 23.7 Å². The summed E-state index contributed by atoms with van der Waals surface area (Å²) in [7, 11) is 0. The minimum absolute atomic E-state index is 0.166. The molecule has 326 valence electrons. The number of anilines is 6. The molecule has 4 heteroatoms. The molecule has 10 aromatic rings. The highest BCUT2D eigenvalue weighted by atomic mass is 32.1. The van der Waals surface area contributed by atoms with Crippen molar-refractivity contribution in [1.29, 1.82) is 0 Å². The van der Waals surface area contributed by atoms with Crippen LogP contribution in [0.1, 0.15) is 43.2 Å². The number of hydrogen-bond donors (Lipinski definition) is 0. The Morgan fingerprint density at radius 1 is 0.456 bits per heavy atom. The van der Waals surface area contributed by atoms with Crippen LogP contribution in [0.5, 0.6) is 11.5 Å². The first-order valence-corrected chi connectivity index (χ1v) is 25.4. The number of nitrogens with zero attached hydrogens (tertiary/aromatic N) is 2. The maximum atomic E-state index is 7.08. The third-order valence-corrected chi connectivity index (χ3v) is 17.8. The fourth-order valence-corrected chi connectivity index (χ4v) is 15.3. The second kappa shape index (κ2) is 14.8. The second-order valence-electron chi connectivity index (χ2n) is 20.1. The molecule has 4 saturated carbocycles. The van der Waals surface area contributed by atoms with Crippen LogP contribution in [0.4, 0.5) is 34.1 Å². The van der Waals surface area contributed by atoms with Crippen molar-refractivity contribution in [1.82, 2.24) is 0 Å². The molecule has 16 rings (SSSR count). The van der Waals surface area contributed by atoms with Gasteiger partial charge in [-0.3, -0.25) is 0 Å². The molecule has 0 N–H and O–H groups in total. The van der Waals surface area contributed by atoms with Gasteiger partial charge in [0.2, 0.25) is 0 Å². The van der Waals surface area contributed by atoms with Gasteiger partial charge in [0.25, 0.3) is 0 Å². The molecule has 0 atom stereocenters. The predicted octanol–water partition coefficient (Wildman–Crippen LogP) is 18.2. The molecule has 6 aliphatic rings. The van der Waals surface area contributed by atoms with Gasteiger partial charge in [0.15, 0.2) is 11.5 Å². The van der Waals surface area contributed by atoms with Crippen molar-refractivity contribution in [3.05, 3.63) is 217 Å². The zero-order valence-corrected chi connectivity index (χ0v) is 38.5. The number of benzene rings is 9. The molecule has 0 amide bonds. The maximum Gasteiger partial charge on any atom is 0.153 e. The summed E-state index contributed by atoms with van der Waals surface area (Å²) in [6.45, 7) is 0. The van der Waals surface area contributed by atoms with Gasteiger partial charge in [-0.2, -0.15) is 0 Å². The van der Waals surface area contributed by atoms with E-state index in [-0.39, 0.29) is 5.41 Å². The summed E-state index contributed by atoms with van der Waals surface area (Å²) in [5.74, 6) is 5.02. The molecule has 0 radical (unpaired) electrons. The number of fused-ring (bicyclic) bond motifs is 8. The first-order chi connectivity index (χ1) is 33.7. The summed E-state index contributed by atoms with van der Waals surface area (Å²) in [6.07, 6.45) is 7.05. The molecule has 9 aromatic carbocycles. The zero-order chi connectivity index (χ0) is 44.5. The van der Waals surface area contributed by atoms with E-state index in [1.807, 2.05) is 11.3 Å². The summed E-state index contributed by atoms with van der Waals surface area (Å²) in [4.78, 5) is 4.79. The summed E-state index contributed by atoms with van der Waals surface area (Å²) in [6, 6.07) is 76.3. The molecule has 0 saturated heterocycles. The highest BCUT2D eigenvalue weighted by molar-refractivity contribution is 7.26. The third-order valence-electron chi connectivity index (χ3n) is 16.6. The van der Waals surface area contributed by atoms with E-state index in [0.29, 0.717) is 0 Å². The Morgan fingerprint density at radius 2 is 1.10 bits per heavy atom. The molecular weight excluding hydrogens is 845 g/mol. The highest BCUT2D eigenvalue weighted by Crippen LogP contribution is 2.69. The molecular formula is C64H48N2OS. The van der Waals surface area contributed by atoms with Gasteiger partial charge in [0.05, 0.1) is 27.4 Å². The minimum Gasteiger partial charge on any atom is -0.453 e. The zero-order valence-electron chi connectivity index (χ0n) is 37.7. The summed E-state index contributed by atoms with van der Waals surface area (Å²) >= 11 is 1.86. The Labute approximate surface area is 401 Å². The standard InChI is InChI=1S/C64H48N2OS/c1-3-12-42(13-4-1)43-22-26-49(27-23-43)65(58-20-11-18-53-52-17-8-10-21-62(52)68-63(53)58)50-28-30-57-61(39-50)67-60-31-25-45(38-59(60)66(57)48-14-5-2-6-15-48)44-24-29-56-54(37-44)51-16-7-9-19-55(51)64(56)46-33-40-32-41(35-46)36-47(64)34-40/h1-31,37-41,46-47H,32-36H2. The van der Waals surface area contributed by atoms with Crippen LogP contribution in [-0.4, -0.2) is 0 Å². The maximum absolute atomic E-state index is 7.08. The van der Waals surface area contributed by atoms with Crippen molar-refractivity contribution in [2.75, 3.05) is 9.80 Å². The van der Waals surface area contributed by atoms with Crippen molar-refractivity contribution >= 4 is 65.6 Å². The number of hydrogen-bond acceptors (Lipinski definition) is 4. The first-order valence-electron chi connectivity index (χ1n) is 24.6. The third kappa shape index (κ3) is 5.64. The van der Waals surface area contributed by atoms with Crippen molar-refractivity contribution < 1.29 is 4.74 Å². The molecule has 2 heterocycles. The Hall–Kier alpha value is -7.40. The van der Waals surface area contributed by atoms with Crippen molar-refractivity contribution in [3.63, 3.8) is 0 Å².